The highest BCUT2D eigenvalue weighted by Gasteiger charge is 1.99. The first-order valence-corrected chi connectivity index (χ1v) is 4.31. The lowest BCUT2D eigenvalue weighted by Gasteiger charge is -2.02. The Kier molecular flexibility index (Phi) is 4.05. The first kappa shape index (κ1) is 9.80. The Labute approximate surface area is 77.3 Å². The van der Waals surface area contributed by atoms with Gasteiger partial charge in [0.15, 0.2) is 0 Å². The minimum absolute atomic E-state index is 0.00282. The first-order chi connectivity index (χ1) is 6.33. The summed E-state index contributed by atoms with van der Waals surface area (Å²) in [6.45, 7) is 3.66. The standard InChI is InChI=1S/C9H14N2O2/c1-2-10-6-9(12)11-5-8-3-4-13-7-8/h3-4,7,10H,2,5-6H2,1H3,(H,11,12). The van der Waals surface area contributed by atoms with Gasteiger partial charge in [-0.25, -0.2) is 0 Å². The molecule has 0 atom stereocenters. The third kappa shape index (κ3) is 3.75. The van der Waals surface area contributed by atoms with Gasteiger partial charge in [0.2, 0.25) is 5.91 Å². The van der Waals surface area contributed by atoms with Crippen LogP contribution in [0.3, 0.4) is 0 Å². The van der Waals surface area contributed by atoms with Crippen LogP contribution in [0.1, 0.15) is 12.5 Å². The monoisotopic (exact) mass is 182 g/mol. The summed E-state index contributed by atoms with van der Waals surface area (Å²) in [5.74, 6) is 0.00282. The highest BCUT2D eigenvalue weighted by Crippen LogP contribution is 1.97. The zero-order valence-corrected chi connectivity index (χ0v) is 7.67. The van der Waals surface area contributed by atoms with E-state index in [9.17, 15) is 4.79 Å². The molecule has 4 nitrogen and oxygen atoms in total. The second-order valence-corrected chi connectivity index (χ2v) is 2.69. The highest BCUT2D eigenvalue weighted by molar-refractivity contribution is 5.77. The zero-order valence-electron chi connectivity index (χ0n) is 7.67. The number of carbonyl (C=O) groups is 1. The number of carbonyl (C=O) groups excluding carboxylic acids is 1. The summed E-state index contributed by atoms with van der Waals surface area (Å²) in [6.07, 6.45) is 3.21. The van der Waals surface area contributed by atoms with Gasteiger partial charge in [-0.15, -0.1) is 0 Å². The molecule has 13 heavy (non-hydrogen) atoms. The number of amides is 1. The van der Waals surface area contributed by atoms with E-state index >= 15 is 0 Å². The molecule has 0 saturated carbocycles. The van der Waals surface area contributed by atoms with Crippen molar-refractivity contribution in [3.05, 3.63) is 24.2 Å². The molecule has 2 N–H and O–H groups in total. The maximum Gasteiger partial charge on any atom is 0.234 e. The largest absolute Gasteiger partial charge is 0.472 e. The summed E-state index contributed by atoms with van der Waals surface area (Å²) >= 11 is 0. The zero-order chi connectivity index (χ0) is 9.52. The highest BCUT2D eigenvalue weighted by atomic mass is 16.3. The molecule has 1 heterocycles. The van der Waals surface area contributed by atoms with Crippen molar-refractivity contribution in [1.29, 1.82) is 0 Å². The van der Waals surface area contributed by atoms with E-state index in [1.807, 2.05) is 13.0 Å². The normalized spacial score (nSPS) is 9.92. The Hall–Kier alpha value is -1.29. The molecule has 0 spiro atoms. The van der Waals surface area contributed by atoms with E-state index in [1.165, 1.54) is 0 Å². The number of likely N-dealkylation sites (N-methyl/N-ethyl adjacent to an activating group) is 1. The Morgan fingerprint density at radius 3 is 3.08 bits per heavy atom. The fraction of sp³-hybridized carbons (Fsp3) is 0.444. The Morgan fingerprint density at radius 1 is 1.62 bits per heavy atom. The summed E-state index contributed by atoms with van der Waals surface area (Å²) in [5.41, 5.74) is 0.977. The topological polar surface area (TPSA) is 54.3 Å². The quantitative estimate of drug-likeness (QED) is 0.697. The lowest BCUT2D eigenvalue weighted by Crippen LogP contribution is -2.33. The molecule has 1 aromatic rings. The number of nitrogens with one attached hydrogen (secondary N) is 2. The van der Waals surface area contributed by atoms with E-state index < -0.39 is 0 Å². The van der Waals surface area contributed by atoms with Gasteiger partial charge in [-0.2, -0.15) is 0 Å². The minimum atomic E-state index is 0.00282. The lowest BCUT2D eigenvalue weighted by atomic mass is 10.3. The molecule has 0 aliphatic heterocycles. The lowest BCUT2D eigenvalue weighted by molar-refractivity contribution is -0.120. The number of rotatable bonds is 5. The van der Waals surface area contributed by atoms with Gasteiger partial charge in [0.1, 0.15) is 0 Å². The summed E-state index contributed by atoms with van der Waals surface area (Å²) in [7, 11) is 0. The molecule has 0 saturated heterocycles. The smallest absolute Gasteiger partial charge is 0.234 e. The van der Waals surface area contributed by atoms with Crippen molar-refractivity contribution in [1.82, 2.24) is 10.6 Å². The molecule has 0 unspecified atom stereocenters. The van der Waals surface area contributed by atoms with Crippen molar-refractivity contribution in [3.63, 3.8) is 0 Å². The molecular formula is C9H14N2O2. The van der Waals surface area contributed by atoms with Gasteiger partial charge in [-0.05, 0) is 12.6 Å². The third-order valence-electron chi connectivity index (χ3n) is 1.61. The maximum atomic E-state index is 11.1. The molecule has 1 aromatic heterocycles. The fourth-order valence-corrected chi connectivity index (χ4v) is 0.895. The molecule has 4 heteroatoms. The van der Waals surface area contributed by atoms with E-state index in [-0.39, 0.29) is 5.91 Å². The summed E-state index contributed by atoms with van der Waals surface area (Å²) in [5, 5.41) is 5.70. The summed E-state index contributed by atoms with van der Waals surface area (Å²) in [4.78, 5) is 11.1. The number of hydrogen-bond acceptors (Lipinski definition) is 3. The van der Waals surface area contributed by atoms with Crippen molar-refractivity contribution in [3.8, 4) is 0 Å². The van der Waals surface area contributed by atoms with Crippen molar-refractivity contribution in [2.75, 3.05) is 13.1 Å². The molecule has 0 aliphatic carbocycles. The summed E-state index contributed by atoms with van der Waals surface area (Å²) < 4.78 is 4.86. The van der Waals surface area contributed by atoms with Crippen LogP contribution in [-0.4, -0.2) is 19.0 Å². The average Bonchev–Trinajstić information content (AvgIpc) is 2.64. The van der Waals surface area contributed by atoms with Crippen molar-refractivity contribution < 1.29 is 9.21 Å². The van der Waals surface area contributed by atoms with Gasteiger partial charge in [-0.1, -0.05) is 6.92 Å². The fourth-order valence-electron chi connectivity index (χ4n) is 0.895. The first-order valence-electron chi connectivity index (χ1n) is 4.31. The van der Waals surface area contributed by atoms with Crippen LogP contribution in [0.15, 0.2) is 23.0 Å². The Bertz CT molecular complexity index is 244. The molecule has 72 valence electrons. The van der Waals surface area contributed by atoms with E-state index in [0.29, 0.717) is 13.1 Å². The van der Waals surface area contributed by atoms with Crippen LogP contribution in [0.25, 0.3) is 0 Å². The van der Waals surface area contributed by atoms with Crippen LogP contribution in [0.5, 0.6) is 0 Å². The van der Waals surface area contributed by atoms with Crippen LogP contribution < -0.4 is 10.6 Å². The van der Waals surface area contributed by atoms with Gasteiger partial charge >= 0.3 is 0 Å². The van der Waals surface area contributed by atoms with Gasteiger partial charge in [0, 0.05) is 12.1 Å². The molecule has 0 radical (unpaired) electrons. The van der Waals surface area contributed by atoms with Gasteiger partial charge < -0.3 is 15.1 Å². The van der Waals surface area contributed by atoms with E-state index in [1.54, 1.807) is 12.5 Å². The van der Waals surface area contributed by atoms with Gasteiger partial charge in [-0.3, -0.25) is 4.79 Å². The number of furan rings is 1. The van der Waals surface area contributed by atoms with E-state index in [2.05, 4.69) is 10.6 Å². The van der Waals surface area contributed by atoms with Crippen molar-refractivity contribution >= 4 is 5.91 Å². The SMILES string of the molecule is CCNCC(=O)NCc1ccoc1. The van der Waals surface area contributed by atoms with Crippen molar-refractivity contribution in [2.45, 2.75) is 13.5 Å². The van der Waals surface area contributed by atoms with Gasteiger partial charge in [0.25, 0.3) is 0 Å². The van der Waals surface area contributed by atoms with Crippen LogP contribution in [-0.2, 0) is 11.3 Å². The second-order valence-electron chi connectivity index (χ2n) is 2.69. The van der Waals surface area contributed by atoms with Crippen LogP contribution in [0.2, 0.25) is 0 Å². The van der Waals surface area contributed by atoms with E-state index in [0.717, 1.165) is 12.1 Å². The Balaban J connectivity index is 2.15. The molecule has 0 fully saturated rings. The molecule has 0 aromatic carbocycles. The average molecular weight is 182 g/mol. The second kappa shape index (κ2) is 5.37. The molecular weight excluding hydrogens is 168 g/mol. The van der Waals surface area contributed by atoms with Crippen LogP contribution >= 0.6 is 0 Å². The molecule has 1 rings (SSSR count). The molecule has 0 bridgehead atoms. The minimum Gasteiger partial charge on any atom is -0.472 e. The molecule has 0 aliphatic rings. The third-order valence-corrected chi connectivity index (χ3v) is 1.61. The van der Waals surface area contributed by atoms with Crippen LogP contribution in [0.4, 0.5) is 0 Å². The van der Waals surface area contributed by atoms with E-state index in [4.69, 9.17) is 4.42 Å². The molecule has 1 amide bonds. The predicted octanol–water partition coefficient (Wildman–Crippen LogP) is 0.505. The Morgan fingerprint density at radius 2 is 2.46 bits per heavy atom. The number of hydrogen-bond donors (Lipinski definition) is 2. The van der Waals surface area contributed by atoms with Crippen LogP contribution in [0, 0.1) is 0 Å². The maximum absolute atomic E-state index is 11.1. The van der Waals surface area contributed by atoms with Gasteiger partial charge in [0.05, 0.1) is 19.1 Å². The summed E-state index contributed by atoms with van der Waals surface area (Å²) in [6, 6.07) is 1.83. The predicted molar refractivity (Wildman–Crippen MR) is 49.1 cm³/mol. The van der Waals surface area contributed by atoms with Crippen molar-refractivity contribution in [2.24, 2.45) is 0 Å².